The Morgan fingerprint density at radius 1 is 1.18 bits per heavy atom. The average Bonchev–Trinajstić information content (AvgIpc) is 2.84. The van der Waals surface area contributed by atoms with Crippen LogP contribution in [-0.2, 0) is 9.59 Å². The lowest BCUT2D eigenvalue weighted by Gasteiger charge is -2.58. The van der Waals surface area contributed by atoms with Gasteiger partial charge in [-0.25, -0.2) is 0 Å². The van der Waals surface area contributed by atoms with Crippen molar-refractivity contribution in [1.29, 1.82) is 0 Å². The molecule has 0 aromatic rings. The molecule has 0 bridgehead atoms. The van der Waals surface area contributed by atoms with Crippen molar-refractivity contribution < 1.29 is 14.7 Å². The second-order valence-corrected chi connectivity index (χ2v) is 8.25. The predicted molar refractivity (Wildman–Crippen MR) is 83.1 cm³/mol. The Morgan fingerprint density at radius 3 is 2.73 bits per heavy atom. The summed E-state index contributed by atoms with van der Waals surface area (Å²) in [5, 5.41) is 11.6. The molecule has 1 N–H and O–H groups in total. The number of allylic oxidation sites excluding steroid dienone is 2. The topological polar surface area (TPSA) is 54.4 Å². The Bertz CT molecular complexity index is 631. The largest absolute Gasteiger partial charge is 0.384 e. The summed E-state index contributed by atoms with van der Waals surface area (Å²) >= 11 is 0. The first kappa shape index (κ1) is 14.4. The molecule has 4 aliphatic rings. The minimum absolute atomic E-state index is 0.0502. The third-order valence-electron chi connectivity index (χ3n) is 7.18. The van der Waals surface area contributed by atoms with Crippen molar-refractivity contribution in [2.75, 3.05) is 0 Å². The molecule has 0 saturated heterocycles. The van der Waals surface area contributed by atoms with E-state index in [9.17, 15) is 14.7 Å². The minimum Gasteiger partial charge on any atom is -0.384 e. The zero-order valence-corrected chi connectivity index (χ0v) is 13.4. The summed E-state index contributed by atoms with van der Waals surface area (Å²) in [5.41, 5.74) is -0.698. The molecule has 0 aromatic heterocycles. The SMILES string of the molecule is C[C@]12CCC(=O)C=C1CC(=O)[C@H]1[C@@H]3CCC[C@@]3(C)C=C[C@]12O. The Morgan fingerprint density at radius 2 is 1.95 bits per heavy atom. The molecule has 0 radical (unpaired) electrons. The van der Waals surface area contributed by atoms with Gasteiger partial charge in [-0.3, -0.25) is 9.59 Å². The smallest absolute Gasteiger partial charge is 0.155 e. The van der Waals surface area contributed by atoms with Crippen LogP contribution in [0.3, 0.4) is 0 Å². The zero-order chi connectivity index (χ0) is 15.8. The fourth-order valence-corrected chi connectivity index (χ4v) is 5.66. The molecule has 0 aromatic carbocycles. The summed E-state index contributed by atoms with van der Waals surface area (Å²) in [6.45, 7) is 4.28. The van der Waals surface area contributed by atoms with Crippen LogP contribution in [0, 0.1) is 22.7 Å². The first-order chi connectivity index (χ1) is 10.3. The lowest BCUT2D eigenvalue weighted by molar-refractivity contribution is -0.157. The van der Waals surface area contributed by atoms with Gasteiger partial charge in [-0.2, -0.15) is 0 Å². The fraction of sp³-hybridized carbons (Fsp3) is 0.684. The van der Waals surface area contributed by atoms with E-state index in [4.69, 9.17) is 0 Å². The molecular weight excluding hydrogens is 276 g/mol. The maximum Gasteiger partial charge on any atom is 0.155 e. The number of carbonyl (C=O) groups is 2. The van der Waals surface area contributed by atoms with Crippen LogP contribution < -0.4 is 0 Å². The fourth-order valence-electron chi connectivity index (χ4n) is 5.66. The summed E-state index contributed by atoms with van der Waals surface area (Å²) < 4.78 is 0. The van der Waals surface area contributed by atoms with Gasteiger partial charge in [0.2, 0.25) is 0 Å². The second-order valence-electron chi connectivity index (χ2n) is 8.25. The molecule has 0 aliphatic heterocycles. The van der Waals surface area contributed by atoms with Crippen molar-refractivity contribution in [3.8, 4) is 0 Å². The Kier molecular flexibility index (Phi) is 2.74. The molecule has 2 saturated carbocycles. The Hall–Kier alpha value is -1.22. The van der Waals surface area contributed by atoms with Crippen LogP contribution in [0.4, 0.5) is 0 Å². The molecule has 0 amide bonds. The van der Waals surface area contributed by atoms with Gasteiger partial charge in [0.25, 0.3) is 0 Å². The van der Waals surface area contributed by atoms with Crippen LogP contribution in [0.1, 0.15) is 52.4 Å². The van der Waals surface area contributed by atoms with Gasteiger partial charge in [-0.1, -0.05) is 38.0 Å². The Labute approximate surface area is 131 Å². The molecule has 118 valence electrons. The van der Waals surface area contributed by atoms with E-state index in [1.54, 1.807) is 6.08 Å². The number of aliphatic hydroxyl groups is 1. The molecule has 0 heterocycles. The van der Waals surface area contributed by atoms with Gasteiger partial charge in [-0.05, 0) is 36.7 Å². The van der Waals surface area contributed by atoms with Crippen LogP contribution in [0.15, 0.2) is 23.8 Å². The third-order valence-corrected chi connectivity index (χ3v) is 7.18. The summed E-state index contributed by atoms with van der Waals surface area (Å²) in [6, 6.07) is 0. The number of hydrogen-bond acceptors (Lipinski definition) is 3. The normalized spacial score (nSPS) is 50.2. The van der Waals surface area contributed by atoms with Crippen LogP contribution in [0.2, 0.25) is 0 Å². The summed E-state index contributed by atoms with van der Waals surface area (Å²) in [7, 11) is 0. The first-order valence-electron chi connectivity index (χ1n) is 8.50. The predicted octanol–water partition coefficient (Wildman–Crippen LogP) is 2.98. The molecule has 0 spiro atoms. The number of carbonyl (C=O) groups excluding carboxylic acids is 2. The van der Waals surface area contributed by atoms with Gasteiger partial charge >= 0.3 is 0 Å². The molecular formula is C19H24O3. The van der Waals surface area contributed by atoms with Crippen LogP contribution in [0.5, 0.6) is 0 Å². The Balaban J connectivity index is 1.89. The molecule has 3 nitrogen and oxygen atoms in total. The minimum atomic E-state index is -1.12. The molecule has 4 rings (SSSR count). The van der Waals surface area contributed by atoms with Crippen molar-refractivity contribution in [2.45, 2.75) is 58.0 Å². The quantitative estimate of drug-likeness (QED) is 0.700. The maximum absolute atomic E-state index is 12.9. The van der Waals surface area contributed by atoms with Gasteiger partial charge in [0.15, 0.2) is 5.78 Å². The molecule has 2 fully saturated rings. The van der Waals surface area contributed by atoms with Gasteiger partial charge < -0.3 is 5.11 Å². The molecule has 3 heteroatoms. The monoisotopic (exact) mass is 300 g/mol. The highest BCUT2D eigenvalue weighted by atomic mass is 16.3. The average molecular weight is 300 g/mol. The van der Waals surface area contributed by atoms with Gasteiger partial charge in [0.05, 0.1) is 5.92 Å². The van der Waals surface area contributed by atoms with E-state index in [2.05, 4.69) is 13.0 Å². The van der Waals surface area contributed by atoms with E-state index in [0.29, 0.717) is 19.3 Å². The maximum atomic E-state index is 12.9. The standard InChI is InChI=1S/C19H24O3/c1-17-6-3-4-14(17)16-15(21)11-12-10-13(20)5-7-18(12,2)19(16,22)9-8-17/h8-10,14,16,22H,3-7,11H2,1-2H3/t14-,16+,17-,18-,19-/m0/s1. The van der Waals surface area contributed by atoms with E-state index in [-0.39, 0.29) is 28.8 Å². The number of Topliss-reactive ketones (excluding diaryl/α,β-unsaturated/α-hetero) is 1. The van der Waals surface area contributed by atoms with Crippen LogP contribution in [0.25, 0.3) is 0 Å². The molecule has 22 heavy (non-hydrogen) atoms. The number of hydrogen-bond donors (Lipinski definition) is 1. The lowest BCUT2D eigenvalue weighted by Crippen LogP contribution is -2.63. The van der Waals surface area contributed by atoms with Gasteiger partial charge in [0.1, 0.15) is 11.4 Å². The lowest BCUT2D eigenvalue weighted by atomic mass is 9.47. The third kappa shape index (κ3) is 1.56. The van der Waals surface area contributed by atoms with Crippen molar-refractivity contribution in [3.05, 3.63) is 23.8 Å². The highest BCUT2D eigenvalue weighted by molar-refractivity contribution is 5.96. The first-order valence-corrected chi connectivity index (χ1v) is 8.50. The van der Waals surface area contributed by atoms with Crippen LogP contribution in [-0.4, -0.2) is 22.3 Å². The molecule has 0 unspecified atom stereocenters. The van der Waals surface area contributed by atoms with Crippen molar-refractivity contribution in [1.82, 2.24) is 0 Å². The van der Waals surface area contributed by atoms with E-state index < -0.39 is 11.0 Å². The van der Waals surface area contributed by atoms with Crippen molar-refractivity contribution in [2.24, 2.45) is 22.7 Å². The zero-order valence-electron chi connectivity index (χ0n) is 13.4. The highest BCUT2D eigenvalue weighted by Gasteiger charge is 2.64. The van der Waals surface area contributed by atoms with E-state index in [1.165, 1.54) is 0 Å². The van der Waals surface area contributed by atoms with Gasteiger partial charge in [-0.15, -0.1) is 0 Å². The second kappa shape index (κ2) is 4.19. The van der Waals surface area contributed by atoms with Gasteiger partial charge in [0, 0.05) is 18.3 Å². The summed E-state index contributed by atoms with van der Waals surface area (Å²) in [6.07, 6.45) is 10.4. The molecule has 4 aliphatic carbocycles. The number of rotatable bonds is 0. The highest BCUT2D eigenvalue weighted by Crippen LogP contribution is 2.63. The van der Waals surface area contributed by atoms with E-state index in [1.807, 2.05) is 13.0 Å². The molecule has 5 atom stereocenters. The van der Waals surface area contributed by atoms with Crippen LogP contribution >= 0.6 is 0 Å². The number of fused-ring (bicyclic) bond motifs is 5. The summed E-state index contributed by atoms with van der Waals surface area (Å²) in [5.74, 6) is 0.155. The number of ketones is 2. The summed E-state index contributed by atoms with van der Waals surface area (Å²) in [4.78, 5) is 24.7. The van der Waals surface area contributed by atoms with E-state index in [0.717, 1.165) is 24.8 Å². The van der Waals surface area contributed by atoms with E-state index >= 15 is 0 Å². The van der Waals surface area contributed by atoms with Crippen molar-refractivity contribution in [3.63, 3.8) is 0 Å². The van der Waals surface area contributed by atoms with Crippen molar-refractivity contribution >= 4 is 11.6 Å².